The van der Waals surface area contributed by atoms with Crippen molar-refractivity contribution in [2.45, 2.75) is 46.5 Å². The normalized spacial score (nSPS) is 17.2. The zero-order valence-corrected chi connectivity index (χ0v) is 16.3. The number of aromatic nitrogens is 1. The Balaban J connectivity index is 1.72. The molecule has 1 fully saturated rings. The Morgan fingerprint density at radius 2 is 2.12 bits per heavy atom. The van der Waals surface area contributed by atoms with Gasteiger partial charge in [-0.2, -0.15) is 0 Å². The van der Waals surface area contributed by atoms with Gasteiger partial charge in [-0.1, -0.05) is 6.92 Å². The molecule has 1 aliphatic rings. The van der Waals surface area contributed by atoms with Gasteiger partial charge in [0.2, 0.25) is 0 Å². The largest absolute Gasteiger partial charge is 0.357 e. The molecule has 2 rings (SSSR count). The number of nitrogens with one attached hydrogen (secondary N) is 2. The fraction of sp³-hybridized carbons (Fsp3) is 0.778. The highest BCUT2D eigenvalue weighted by Crippen LogP contribution is 2.17. The minimum Gasteiger partial charge on any atom is -0.357 e. The van der Waals surface area contributed by atoms with Crippen molar-refractivity contribution in [3.05, 3.63) is 16.1 Å². The molecule has 24 heavy (non-hydrogen) atoms. The molecule has 1 aromatic rings. The van der Waals surface area contributed by atoms with Crippen molar-refractivity contribution in [1.29, 1.82) is 0 Å². The standard InChI is InChI=1S/C18H33N5S/c1-4-10-23-11-7-16(8-12-23)13-21-18(19-5-2)20-9-6-17-14-24-15(3)22-17/h14,16H,4-13H2,1-3H3,(H2,19,20,21). The molecule has 1 aliphatic heterocycles. The molecule has 0 bridgehead atoms. The third-order valence-corrected chi connectivity index (χ3v) is 5.26. The molecule has 0 aromatic carbocycles. The quantitative estimate of drug-likeness (QED) is 0.558. The average molecular weight is 352 g/mol. The fourth-order valence-electron chi connectivity index (χ4n) is 3.10. The first kappa shape index (κ1) is 19.2. The number of aliphatic imine (C=N–C) groups is 1. The van der Waals surface area contributed by atoms with Crippen LogP contribution in [0.3, 0.4) is 0 Å². The van der Waals surface area contributed by atoms with Crippen LogP contribution >= 0.6 is 11.3 Å². The summed E-state index contributed by atoms with van der Waals surface area (Å²) in [6, 6.07) is 0. The minimum atomic E-state index is 0.731. The predicted octanol–water partition coefficient (Wildman–Crippen LogP) is 2.67. The molecule has 0 amide bonds. The fourth-order valence-corrected chi connectivity index (χ4v) is 3.75. The summed E-state index contributed by atoms with van der Waals surface area (Å²) in [7, 11) is 0. The van der Waals surface area contributed by atoms with Gasteiger partial charge in [-0.25, -0.2) is 4.98 Å². The van der Waals surface area contributed by atoms with Gasteiger partial charge in [0, 0.05) is 31.4 Å². The number of guanidine groups is 1. The third kappa shape index (κ3) is 6.77. The molecule has 0 saturated carbocycles. The van der Waals surface area contributed by atoms with Gasteiger partial charge in [0.15, 0.2) is 5.96 Å². The molecular weight excluding hydrogens is 318 g/mol. The molecule has 0 aliphatic carbocycles. The summed E-state index contributed by atoms with van der Waals surface area (Å²) in [6.07, 6.45) is 4.77. The summed E-state index contributed by atoms with van der Waals surface area (Å²) in [5.74, 6) is 1.68. The highest BCUT2D eigenvalue weighted by Gasteiger charge is 2.18. The van der Waals surface area contributed by atoms with Crippen LogP contribution in [0.4, 0.5) is 0 Å². The zero-order chi connectivity index (χ0) is 17.2. The zero-order valence-electron chi connectivity index (χ0n) is 15.5. The van der Waals surface area contributed by atoms with Gasteiger partial charge in [-0.15, -0.1) is 11.3 Å². The Kier molecular flexibility index (Phi) is 8.53. The van der Waals surface area contributed by atoms with E-state index in [0.29, 0.717) is 0 Å². The molecule has 2 heterocycles. The Bertz CT molecular complexity index is 491. The van der Waals surface area contributed by atoms with E-state index in [1.54, 1.807) is 11.3 Å². The van der Waals surface area contributed by atoms with Gasteiger partial charge < -0.3 is 15.5 Å². The average Bonchev–Trinajstić information content (AvgIpc) is 2.99. The van der Waals surface area contributed by atoms with E-state index in [-0.39, 0.29) is 0 Å². The maximum atomic E-state index is 4.80. The van der Waals surface area contributed by atoms with Gasteiger partial charge >= 0.3 is 0 Å². The Hall–Kier alpha value is -1.14. The molecule has 5 nitrogen and oxygen atoms in total. The van der Waals surface area contributed by atoms with E-state index < -0.39 is 0 Å². The van der Waals surface area contributed by atoms with Crippen LogP contribution in [0.2, 0.25) is 0 Å². The summed E-state index contributed by atoms with van der Waals surface area (Å²) in [6.45, 7) is 12.9. The van der Waals surface area contributed by atoms with E-state index >= 15 is 0 Å². The van der Waals surface area contributed by atoms with E-state index in [1.165, 1.54) is 44.6 Å². The van der Waals surface area contributed by atoms with E-state index in [1.807, 2.05) is 0 Å². The molecule has 0 radical (unpaired) electrons. The molecule has 2 N–H and O–H groups in total. The van der Waals surface area contributed by atoms with Gasteiger partial charge in [0.1, 0.15) is 0 Å². The van der Waals surface area contributed by atoms with Crippen molar-refractivity contribution in [2.24, 2.45) is 10.9 Å². The number of likely N-dealkylation sites (tertiary alicyclic amines) is 1. The molecule has 1 saturated heterocycles. The van der Waals surface area contributed by atoms with Crippen molar-refractivity contribution in [3.8, 4) is 0 Å². The second kappa shape index (κ2) is 10.7. The molecule has 0 atom stereocenters. The lowest BCUT2D eigenvalue weighted by atomic mass is 9.97. The lowest BCUT2D eigenvalue weighted by Gasteiger charge is -2.31. The summed E-state index contributed by atoms with van der Waals surface area (Å²) in [5.41, 5.74) is 1.17. The number of aryl methyl sites for hydroxylation is 1. The first-order valence-corrected chi connectivity index (χ1v) is 10.2. The van der Waals surface area contributed by atoms with Crippen LogP contribution in [0.1, 0.15) is 43.8 Å². The van der Waals surface area contributed by atoms with Crippen molar-refractivity contribution in [2.75, 3.05) is 39.3 Å². The highest BCUT2D eigenvalue weighted by molar-refractivity contribution is 7.09. The maximum Gasteiger partial charge on any atom is 0.191 e. The first-order valence-electron chi connectivity index (χ1n) is 9.36. The number of hydrogen-bond acceptors (Lipinski definition) is 4. The van der Waals surface area contributed by atoms with Crippen LogP contribution < -0.4 is 10.6 Å². The second-order valence-corrected chi connectivity index (χ2v) is 7.60. The second-order valence-electron chi connectivity index (χ2n) is 6.54. The van der Waals surface area contributed by atoms with Gasteiger partial charge in [-0.3, -0.25) is 4.99 Å². The lowest BCUT2D eigenvalue weighted by molar-refractivity contribution is 0.188. The van der Waals surface area contributed by atoms with Crippen LogP contribution in [0, 0.1) is 12.8 Å². The van der Waals surface area contributed by atoms with Crippen molar-refractivity contribution >= 4 is 17.3 Å². The molecule has 0 spiro atoms. The van der Waals surface area contributed by atoms with E-state index in [9.17, 15) is 0 Å². The lowest BCUT2D eigenvalue weighted by Crippen LogP contribution is -2.39. The van der Waals surface area contributed by atoms with Crippen LogP contribution in [0.5, 0.6) is 0 Å². The van der Waals surface area contributed by atoms with Crippen molar-refractivity contribution in [3.63, 3.8) is 0 Å². The molecule has 1 aromatic heterocycles. The van der Waals surface area contributed by atoms with Gasteiger partial charge in [-0.05, 0) is 58.7 Å². The summed E-state index contributed by atoms with van der Waals surface area (Å²) in [5, 5.41) is 10.1. The number of nitrogens with zero attached hydrogens (tertiary/aromatic N) is 3. The summed E-state index contributed by atoms with van der Waals surface area (Å²) >= 11 is 1.72. The molecule has 136 valence electrons. The number of hydrogen-bond donors (Lipinski definition) is 2. The van der Waals surface area contributed by atoms with Crippen LogP contribution in [-0.4, -0.2) is 55.1 Å². The van der Waals surface area contributed by atoms with E-state index in [0.717, 1.165) is 42.9 Å². The van der Waals surface area contributed by atoms with Crippen molar-refractivity contribution in [1.82, 2.24) is 20.5 Å². The molecule has 6 heteroatoms. The monoisotopic (exact) mass is 351 g/mol. The van der Waals surface area contributed by atoms with Gasteiger partial charge in [0.25, 0.3) is 0 Å². The number of piperidine rings is 1. The Morgan fingerprint density at radius 3 is 2.75 bits per heavy atom. The molecule has 0 unspecified atom stereocenters. The van der Waals surface area contributed by atoms with E-state index in [2.05, 4.69) is 46.7 Å². The summed E-state index contributed by atoms with van der Waals surface area (Å²) < 4.78 is 0. The summed E-state index contributed by atoms with van der Waals surface area (Å²) in [4.78, 5) is 11.9. The molecular formula is C18H33N5S. The van der Waals surface area contributed by atoms with Crippen LogP contribution in [-0.2, 0) is 6.42 Å². The number of rotatable bonds is 8. The Labute approximate surface area is 151 Å². The van der Waals surface area contributed by atoms with E-state index in [4.69, 9.17) is 4.99 Å². The Morgan fingerprint density at radius 1 is 1.33 bits per heavy atom. The van der Waals surface area contributed by atoms with Crippen molar-refractivity contribution < 1.29 is 0 Å². The third-order valence-electron chi connectivity index (χ3n) is 4.44. The van der Waals surface area contributed by atoms with Crippen LogP contribution in [0.15, 0.2) is 10.4 Å². The predicted molar refractivity (Wildman–Crippen MR) is 104 cm³/mol. The SMILES string of the molecule is CCCN1CCC(CN=C(NCC)NCCc2csc(C)n2)CC1. The number of thiazole rings is 1. The highest BCUT2D eigenvalue weighted by atomic mass is 32.1. The first-order chi connectivity index (χ1) is 11.7. The smallest absolute Gasteiger partial charge is 0.191 e. The minimum absolute atomic E-state index is 0.731. The maximum absolute atomic E-state index is 4.80. The van der Waals surface area contributed by atoms with Gasteiger partial charge in [0.05, 0.1) is 10.7 Å². The topological polar surface area (TPSA) is 52.5 Å². The van der Waals surface area contributed by atoms with Crippen LogP contribution in [0.25, 0.3) is 0 Å².